The molecule has 6 heteroatoms. The van der Waals surface area contributed by atoms with Crippen molar-refractivity contribution in [3.63, 3.8) is 0 Å². The summed E-state index contributed by atoms with van der Waals surface area (Å²) in [6.45, 7) is 7.54. The molecular formula is C19H26N4O2. The zero-order valence-corrected chi connectivity index (χ0v) is 15.3. The maximum Gasteiger partial charge on any atom is 0.274 e. The molecule has 1 amide bonds. The standard InChI is InChI=1S/C19H26N4O2/c1-13-5-6-16(25-4)15(11-13)23-10-7-14(21-23)18(24)22-9-8-17(20)19(2,3)12-22/h5-7,10-11,17H,8-9,12,20H2,1-4H3. The lowest BCUT2D eigenvalue weighted by molar-refractivity contribution is 0.0527. The van der Waals surface area contributed by atoms with Crippen molar-refractivity contribution in [3.05, 3.63) is 41.7 Å². The number of carbonyl (C=O) groups is 1. The molecule has 1 aliphatic heterocycles. The molecule has 0 bridgehead atoms. The number of nitrogens with zero attached hydrogens (tertiary/aromatic N) is 3. The molecule has 6 nitrogen and oxygen atoms in total. The highest BCUT2D eigenvalue weighted by Gasteiger charge is 2.36. The van der Waals surface area contributed by atoms with E-state index >= 15 is 0 Å². The molecule has 2 aromatic rings. The first-order valence-corrected chi connectivity index (χ1v) is 8.57. The van der Waals surface area contributed by atoms with E-state index in [1.807, 2.05) is 30.0 Å². The van der Waals surface area contributed by atoms with Gasteiger partial charge in [0, 0.05) is 25.3 Å². The maximum absolute atomic E-state index is 12.8. The number of hydrogen-bond donors (Lipinski definition) is 1. The Kier molecular flexibility index (Phi) is 4.56. The van der Waals surface area contributed by atoms with Crippen molar-refractivity contribution < 1.29 is 9.53 Å². The van der Waals surface area contributed by atoms with E-state index in [0.29, 0.717) is 18.8 Å². The largest absolute Gasteiger partial charge is 0.494 e. The zero-order valence-electron chi connectivity index (χ0n) is 15.3. The Balaban J connectivity index is 1.84. The van der Waals surface area contributed by atoms with Crippen molar-refractivity contribution in [1.82, 2.24) is 14.7 Å². The predicted octanol–water partition coefficient (Wildman–Crippen LogP) is 2.39. The number of nitrogens with two attached hydrogens (primary N) is 1. The van der Waals surface area contributed by atoms with E-state index in [0.717, 1.165) is 23.4 Å². The summed E-state index contributed by atoms with van der Waals surface area (Å²) in [6, 6.07) is 7.75. The van der Waals surface area contributed by atoms with Gasteiger partial charge in [-0.1, -0.05) is 19.9 Å². The van der Waals surface area contributed by atoms with Crippen molar-refractivity contribution in [1.29, 1.82) is 0 Å². The van der Waals surface area contributed by atoms with Gasteiger partial charge in [0.05, 0.1) is 7.11 Å². The number of carbonyl (C=O) groups excluding carboxylic acids is 1. The smallest absolute Gasteiger partial charge is 0.274 e. The lowest BCUT2D eigenvalue weighted by atomic mass is 9.79. The molecule has 2 heterocycles. The minimum atomic E-state index is -0.0871. The topological polar surface area (TPSA) is 73.4 Å². The van der Waals surface area contributed by atoms with E-state index in [-0.39, 0.29) is 17.4 Å². The molecule has 0 radical (unpaired) electrons. The van der Waals surface area contributed by atoms with Crippen LogP contribution in [0.3, 0.4) is 0 Å². The van der Waals surface area contributed by atoms with Crippen LogP contribution in [0, 0.1) is 12.3 Å². The van der Waals surface area contributed by atoms with Crippen LogP contribution in [0.25, 0.3) is 5.69 Å². The molecule has 3 rings (SSSR count). The number of aromatic nitrogens is 2. The normalized spacial score (nSPS) is 19.7. The Labute approximate surface area is 148 Å². The third-order valence-corrected chi connectivity index (χ3v) is 4.99. The monoisotopic (exact) mass is 342 g/mol. The Hall–Kier alpha value is -2.34. The summed E-state index contributed by atoms with van der Waals surface area (Å²) in [5.74, 6) is 0.670. The average Bonchev–Trinajstić information content (AvgIpc) is 3.06. The van der Waals surface area contributed by atoms with Gasteiger partial charge in [0.25, 0.3) is 5.91 Å². The molecule has 1 fully saturated rings. The number of methoxy groups -OCH3 is 1. The molecular weight excluding hydrogens is 316 g/mol. The molecule has 1 saturated heterocycles. The van der Waals surface area contributed by atoms with E-state index in [1.54, 1.807) is 24.1 Å². The van der Waals surface area contributed by atoms with Gasteiger partial charge in [-0.05, 0) is 42.5 Å². The maximum atomic E-state index is 12.8. The van der Waals surface area contributed by atoms with E-state index in [9.17, 15) is 4.79 Å². The highest BCUT2D eigenvalue weighted by Crippen LogP contribution is 2.29. The summed E-state index contributed by atoms with van der Waals surface area (Å²) in [5, 5.41) is 4.49. The van der Waals surface area contributed by atoms with Crippen LogP contribution in [0.1, 0.15) is 36.3 Å². The molecule has 1 aromatic heterocycles. The molecule has 1 aliphatic rings. The number of aryl methyl sites for hydroxylation is 1. The summed E-state index contributed by atoms with van der Waals surface area (Å²) in [4.78, 5) is 14.7. The molecule has 134 valence electrons. The van der Waals surface area contributed by atoms with E-state index in [2.05, 4.69) is 18.9 Å². The molecule has 25 heavy (non-hydrogen) atoms. The molecule has 0 saturated carbocycles. The molecule has 1 aromatic carbocycles. The minimum absolute atomic E-state index is 0.0506. The second-order valence-electron chi connectivity index (χ2n) is 7.43. The lowest BCUT2D eigenvalue weighted by Crippen LogP contribution is -2.54. The lowest BCUT2D eigenvalue weighted by Gasteiger charge is -2.42. The number of hydrogen-bond acceptors (Lipinski definition) is 4. The van der Waals surface area contributed by atoms with Gasteiger partial charge in [0.15, 0.2) is 5.69 Å². The van der Waals surface area contributed by atoms with Gasteiger partial charge in [0.1, 0.15) is 11.4 Å². The molecule has 1 atom stereocenters. The van der Waals surface area contributed by atoms with Crippen LogP contribution in [-0.2, 0) is 0 Å². The van der Waals surface area contributed by atoms with Gasteiger partial charge < -0.3 is 15.4 Å². The molecule has 0 spiro atoms. The van der Waals surface area contributed by atoms with Crippen LogP contribution in [0.4, 0.5) is 0 Å². The van der Waals surface area contributed by atoms with Gasteiger partial charge in [-0.2, -0.15) is 5.10 Å². The predicted molar refractivity (Wildman–Crippen MR) is 97.1 cm³/mol. The SMILES string of the molecule is COc1ccc(C)cc1-n1ccc(C(=O)N2CCC(N)C(C)(C)C2)n1. The summed E-state index contributed by atoms with van der Waals surface area (Å²) in [7, 11) is 1.63. The highest BCUT2D eigenvalue weighted by molar-refractivity contribution is 5.92. The van der Waals surface area contributed by atoms with E-state index < -0.39 is 0 Å². The Morgan fingerprint density at radius 3 is 2.80 bits per heavy atom. The van der Waals surface area contributed by atoms with Crippen LogP contribution in [0.5, 0.6) is 5.75 Å². The number of ether oxygens (including phenoxy) is 1. The Morgan fingerprint density at radius 2 is 2.12 bits per heavy atom. The van der Waals surface area contributed by atoms with Gasteiger partial charge in [-0.15, -0.1) is 0 Å². The van der Waals surface area contributed by atoms with Crippen LogP contribution >= 0.6 is 0 Å². The number of amides is 1. The van der Waals surface area contributed by atoms with Crippen molar-refractivity contribution in [2.75, 3.05) is 20.2 Å². The fourth-order valence-electron chi connectivity index (χ4n) is 3.26. The minimum Gasteiger partial charge on any atom is -0.494 e. The molecule has 1 unspecified atom stereocenters. The summed E-state index contributed by atoms with van der Waals surface area (Å²) in [6.07, 6.45) is 2.61. The number of rotatable bonds is 3. The first kappa shape index (κ1) is 17.5. The first-order chi connectivity index (χ1) is 11.8. The average molecular weight is 342 g/mol. The third kappa shape index (κ3) is 3.39. The first-order valence-electron chi connectivity index (χ1n) is 8.57. The number of likely N-dealkylation sites (tertiary alicyclic amines) is 1. The summed E-state index contributed by atoms with van der Waals surface area (Å²) >= 11 is 0. The quantitative estimate of drug-likeness (QED) is 0.929. The third-order valence-electron chi connectivity index (χ3n) is 4.99. The summed E-state index contributed by atoms with van der Waals surface area (Å²) in [5.41, 5.74) is 8.45. The van der Waals surface area contributed by atoms with Gasteiger partial charge >= 0.3 is 0 Å². The number of piperidine rings is 1. The van der Waals surface area contributed by atoms with E-state index in [4.69, 9.17) is 10.5 Å². The van der Waals surface area contributed by atoms with Crippen molar-refractivity contribution in [2.24, 2.45) is 11.1 Å². The summed E-state index contributed by atoms with van der Waals surface area (Å²) < 4.78 is 7.10. The fraction of sp³-hybridized carbons (Fsp3) is 0.474. The Morgan fingerprint density at radius 1 is 1.36 bits per heavy atom. The van der Waals surface area contributed by atoms with Crippen molar-refractivity contribution in [3.8, 4) is 11.4 Å². The number of benzene rings is 1. The van der Waals surface area contributed by atoms with Gasteiger partial charge in [0.2, 0.25) is 0 Å². The molecule has 0 aliphatic carbocycles. The Bertz CT molecular complexity index is 781. The van der Waals surface area contributed by atoms with Gasteiger partial charge in [-0.3, -0.25) is 4.79 Å². The second kappa shape index (κ2) is 6.52. The van der Waals surface area contributed by atoms with Crippen LogP contribution in [-0.4, -0.2) is 46.8 Å². The second-order valence-corrected chi connectivity index (χ2v) is 7.43. The van der Waals surface area contributed by atoms with Crippen molar-refractivity contribution in [2.45, 2.75) is 33.2 Å². The van der Waals surface area contributed by atoms with Crippen LogP contribution in [0.15, 0.2) is 30.5 Å². The zero-order chi connectivity index (χ0) is 18.2. The fourth-order valence-corrected chi connectivity index (χ4v) is 3.26. The van der Waals surface area contributed by atoms with Gasteiger partial charge in [-0.25, -0.2) is 4.68 Å². The van der Waals surface area contributed by atoms with Crippen LogP contribution < -0.4 is 10.5 Å². The highest BCUT2D eigenvalue weighted by atomic mass is 16.5. The van der Waals surface area contributed by atoms with E-state index in [1.165, 1.54) is 0 Å². The molecule has 2 N–H and O–H groups in total. The van der Waals surface area contributed by atoms with Crippen molar-refractivity contribution >= 4 is 5.91 Å². The van der Waals surface area contributed by atoms with Crippen LogP contribution in [0.2, 0.25) is 0 Å².